The summed E-state index contributed by atoms with van der Waals surface area (Å²) in [6.45, 7) is 6.30. The Bertz CT molecular complexity index is 424. The molecule has 0 aliphatic carbocycles. The highest BCUT2D eigenvalue weighted by molar-refractivity contribution is 5.95. The number of carbonyl (C=O) groups is 2. The third-order valence-electron chi connectivity index (χ3n) is 2.75. The second-order valence-corrected chi connectivity index (χ2v) is 4.62. The first-order valence-corrected chi connectivity index (χ1v) is 6.16. The van der Waals surface area contributed by atoms with Crippen LogP contribution < -0.4 is 5.32 Å². The van der Waals surface area contributed by atoms with Gasteiger partial charge in [0.25, 0.3) is 5.91 Å². The van der Waals surface area contributed by atoms with Crippen molar-refractivity contribution in [2.24, 2.45) is 5.92 Å². The maximum absolute atomic E-state index is 12.0. The standard InChI is InChI=1S/C13H20N2O3/c1-4-7-15-8-5-6-10(15)12(16)14-11(9(2)3)13(17)18/h5-6,8-9,11H,4,7H2,1-3H3,(H,14,16)(H,17,18)/t11-/m0/s1. The number of nitrogens with zero attached hydrogens (tertiary/aromatic N) is 1. The smallest absolute Gasteiger partial charge is 0.326 e. The molecule has 0 radical (unpaired) electrons. The Morgan fingerprint density at radius 1 is 1.44 bits per heavy atom. The van der Waals surface area contributed by atoms with Gasteiger partial charge in [-0.25, -0.2) is 4.79 Å². The summed E-state index contributed by atoms with van der Waals surface area (Å²) in [6, 6.07) is 2.63. The maximum Gasteiger partial charge on any atom is 0.326 e. The van der Waals surface area contributed by atoms with E-state index in [0.717, 1.165) is 13.0 Å². The summed E-state index contributed by atoms with van der Waals surface area (Å²) in [5.74, 6) is -1.50. The molecule has 0 aliphatic heterocycles. The van der Waals surface area contributed by atoms with Crippen molar-refractivity contribution in [1.82, 2.24) is 9.88 Å². The third kappa shape index (κ3) is 3.35. The molecule has 0 bridgehead atoms. The Morgan fingerprint density at radius 2 is 2.11 bits per heavy atom. The first kappa shape index (κ1) is 14.3. The van der Waals surface area contributed by atoms with E-state index in [0.29, 0.717) is 5.69 Å². The first-order chi connectivity index (χ1) is 8.47. The van der Waals surface area contributed by atoms with Crippen LogP contribution in [0.4, 0.5) is 0 Å². The Balaban J connectivity index is 2.80. The lowest BCUT2D eigenvalue weighted by Crippen LogP contribution is -2.44. The number of aromatic nitrogens is 1. The molecule has 5 heteroatoms. The molecular weight excluding hydrogens is 232 g/mol. The second kappa shape index (κ2) is 6.23. The molecule has 1 aromatic rings. The highest BCUT2D eigenvalue weighted by atomic mass is 16.4. The zero-order valence-corrected chi connectivity index (χ0v) is 11.0. The van der Waals surface area contributed by atoms with Gasteiger partial charge in [0.2, 0.25) is 0 Å². The minimum absolute atomic E-state index is 0.152. The number of amides is 1. The molecule has 1 rings (SSSR count). The number of rotatable bonds is 6. The quantitative estimate of drug-likeness (QED) is 0.810. The van der Waals surface area contributed by atoms with Crippen LogP contribution in [0.25, 0.3) is 0 Å². The topological polar surface area (TPSA) is 71.3 Å². The van der Waals surface area contributed by atoms with Crippen molar-refractivity contribution >= 4 is 11.9 Å². The molecular formula is C13H20N2O3. The van der Waals surface area contributed by atoms with Crippen LogP contribution >= 0.6 is 0 Å². The van der Waals surface area contributed by atoms with Crippen molar-refractivity contribution in [2.45, 2.75) is 39.8 Å². The Kier molecular flexibility index (Phi) is 4.95. The average molecular weight is 252 g/mol. The van der Waals surface area contributed by atoms with Gasteiger partial charge in [-0.1, -0.05) is 20.8 Å². The van der Waals surface area contributed by atoms with Gasteiger partial charge in [-0.2, -0.15) is 0 Å². The highest BCUT2D eigenvalue weighted by Gasteiger charge is 2.24. The van der Waals surface area contributed by atoms with Gasteiger partial charge in [-0.05, 0) is 24.5 Å². The summed E-state index contributed by atoms with van der Waals surface area (Å²) in [7, 11) is 0. The molecule has 0 aromatic carbocycles. The fourth-order valence-electron chi connectivity index (χ4n) is 1.78. The minimum atomic E-state index is -1.01. The molecule has 1 heterocycles. The van der Waals surface area contributed by atoms with Crippen molar-refractivity contribution < 1.29 is 14.7 Å². The van der Waals surface area contributed by atoms with Crippen LogP contribution in [-0.2, 0) is 11.3 Å². The number of hydrogen-bond acceptors (Lipinski definition) is 2. The highest BCUT2D eigenvalue weighted by Crippen LogP contribution is 2.07. The molecule has 5 nitrogen and oxygen atoms in total. The number of carbonyl (C=O) groups excluding carboxylic acids is 1. The van der Waals surface area contributed by atoms with Crippen LogP contribution in [0, 0.1) is 5.92 Å². The van der Waals surface area contributed by atoms with Gasteiger partial charge in [0.05, 0.1) is 0 Å². The van der Waals surface area contributed by atoms with Crippen LogP contribution in [0.1, 0.15) is 37.7 Å². The molecule has 0 fully saturated rings. The van der Waals surface area contributed by atoms with E-state index in [1.54, 1.807) is 26.0 Å². The molecule has 1 atom stereocenters. The van der Waals surface area contributed by atoms with Crippen molar-refractivity contribution in [3.05, 3.63) is 24.0 Å². The monoisotopic (exact) mass is 252 g/mol. The van der Waals surface area contributed by atoms with E-state index in [1.165, 1.54) is 0 Å². The fourth-order valence-corrected chi connectivity index (χ4v) is 1.78. The molecule has 0 unspecified atom stereocenters. The van der Waals surface area contributed by atoms with Crippen molar-refractivity contribution in [1.29, 1.82) is 0 Å². The largest absolute Gasteiger partial charge is 0.480 e. The predicted molar refractivity (Wildman–Crippen MR) is 68.5 cm³/mol. The van der Waals surface area contributed by atoms with E-state index < -0.39 is 12.0 Å². The average Bonchev–Trinajstić information content (AvgIpc) is 2.73. The normalized spacial score (nSPS) is 12.4. The number of hydrogen-bond donors (Lipinski definition) is 2. The molecule has 100 valence electrons. The van der Waals surface area contributed by atoms with Gasteiger partial charge in [-0.3, -0.25) is 4.79 Å². The number of aliphatic carboxylic acids is 1. The summed E-state index contributed by atoms with van der Waals surface area (Å²) in [4.78, 5) is 23.1. The molecule has 18 heavy (non-hydrogen) atoms. The van der Waals surface area contributed by atoms with Gasteiger partial charge in [-0.15, -0.1) is 0 Å². The first-order valence-electron chi connectivity index (χ1n) is 6.16. The molecule has 0 saturated carbocycles. The van der Waals surface area contributed by atoms with Crippen molar-refractivity contribution in [3.8, 4) is 0 Å². The number of aryl methyl sites for hydroxylation is 1. The fraction of sp³-hybridized carbons (Fsp3) is 0.538. The summed E-state index contributed by atoms with van der Waals surface area (Å²) >= 11 is 0. The second-order valence-electron chi connectivity index (χ2n) is 4.62. The van der Waals surface area contributed by atoms with Crippen LogP contribution in [0.3, 0.4) is 0 Å². The summed E-state index contributed by atoms with van der Waals surface area (Å²) in [5, 5.41) is 11.6. The van der Waals surface area contributed by atoms with E-state index in [9.17, 15) is 9.59 Å². The number of carboxylic acids is 1. The van der Waals surface area contributed by atoms with Gasteiger partial charge >= 0.3 is 5.97 Å². The summed E-state index contributed by atoms with van der Waals surface area (Å²) in [5.41, 5.74) is 0.503. The van der Waals surface area contributed by atoms with E-state index in [1.807, 2.05) is 17.7 Å². The van der Waals surface area contributed by atoms with E-state index in [-0.39, 0.29) is 11.8 Å². The number of nitrogens with one attached hydrogen (secondary N) is 1. The summed E-state index contributed by atoms with van der Waals surface area (Å²) < 4.78 is 1.83. The lowest BCUT2D eigenvalue weighted by molar-refractivity contribution is -0.140. The molecule has 1 aromatic heterocycles. The zero-order valence-electron chi connectivity index (χ0n) is 11.0. The van der Waals surface area contributed by atoms with E-state index in [4.69, 9.17) is 5.11 Å². The molecule has 0 aliphatic rings. The van der Waals surface area contributed by atoms with Gasteiger partial charge in [0, 0.05) is 12.7 Å². The van der Waals surface area contributed by atoms with Crippen molar-refractivity contribution in [3.63, 3.8) is 0 Å². The lowest BCUT2D eigenvalue weighted by atomic mass is 10.0. The van der Waals surface area contributed by atoms with E-state index in [2.05, 4.69) is 5.32 Å². The lowest BCUT2D eigenvalue weighted by Gasteiger charge is -2.18. The minimum Gasteiger partial charge on any atom is -0.480 e. The van der Waals surface area contributed by atoms with Crippen LogP contribution in [0.5, 0.6) is 0 Å². The predicted octanol–water partition coefficient (Wildman–Crippen LogP) is 1.74. The zero-order chi connectivity index (χ0) is 13.7. The Hall–Kier alpha value is -1.78. The Morgan fingerprint density at radius 3 is 2.61 bits per heavy atom. The van der Waals surface area contributed by atoms with E-state index >= 15 is 0 Å². The SMILES string of the molecule is CCCn1cccc1C(=O)N[C@H](C(=O)O)C(C)C. The molecule has 0 spiro atoms. The third-order valence-corrected chi connectivity index (χ3v) is 2.75. The van der Waals surface area contributed by atoms with Crippen LogP contribution in [0.15, 0.2) is 18.3 Å². The van der Waals surface area contributed by atoms with Gasteiger partial charge < -0.3 is 15.0 Å². The number of carboxylic acid groups (broad SMARTS) is 1. The van der Waals surface area contributed by atoms with Crippen LogP contribution in [0.2, 0.25) is 0 Å². The van der Waals surface area contributed by atoms with Crippen LogP contribution in [-0.4, -0.2) is 27.6 Å². The maximum atomic E-state index is 12.0. The van der Waals surface area contributed by atoms with Gasteiger partial charge in [0.15, 0.2) is 0 Å². The Labute approximate surface area is 107 Å². The van der Waals surface area contributed by atoms with Crippen molar-refractivity contribution in [2.75, 3.05) is 0 Å². The molecule has 1 amide bonds. The molecule has 2 N–H and O–H groups in total. The molecule has 0 saturated heterocycles. The van der Waals surface area contributed by atoms with Gasteiger partial charge in [0.1, 0.15) is 11.7 Å². The summed E-state index contributed by atoms with van der Waals surface area (Å²) in [6.07, 6.45) is 2.74.